The first-order chi connectivity index (χ1) is 20.6. The number of halogens is 2. The van der Waals surface area contributed by atoms with Gasteiger partial charge in [0.1, 0.15) is 12.4 Å². The van der Waals surface area contributed by atoms with Gasteiger partial charge in [-0.25, -0.2) is 4.39 Å². The van der Waals surface area contributed by atoms with Gasteiger partial charge in [-0.05, 0) is 71.3 Å². The molecule has 0 aliphatic carbocycles. The summed E-state index contributed by atoms with van der Waals surface area (Å²) in [5.41, 5.74) is 3.20. The SMILES string of the molecule is C=C(F)C(=O)N1CCN(c2nc(OCC34CC[C@@H](C)N3CC4)nc(CCCC(/C=C\C)=C(/C)Cl)c2CCC)CC1CC#N. The van der Waals surface area contributed by atoms with E-state index in [4.69, 9.17) is 26.3 Å². The number of carbonyl (C=O) groups excluding carboxylic acids is 1. The fraction of sp³-hybridized carbons (Fsp3) is 0.636. The summed E-state index contributed by atoms with van der Waals surface area (Å²) in [6.07, 6.45) is 11.7. The number of nitriles is 1. The number of anilines is 1. The number of carbonyl (C=O) groups is 1. The molecule has 0 radical (unpaired) electrons. The van der Waals surface area contributed by atoms with E-state index in [9.17, 15) is 14.4 Å². The summed E-state index contributed by atoms with van der Waals surface area (Å²) < 4.78 is 20.2. The van der Waals surface area contributed by atoms with E-state index in [1.54, 1.807) is 0 Å². The van der Waals surface area contributed by atoms with Crippen LogP contribution < -0.4 is 9.64 Å². The van der Waals surface area contributed by atoms with Gasteiger partial charge >= 0.3 is 6.01 Å². The average molecular weight is 613 g/mol. The Labute approximate surface area is 261 Å². The van der Waals surface area contributed by atoms with Crippen LogP contribution in [0.1, 0.15) is 83.9 Å². The molecule has 0 bridgehead atoms. The third-order valence-electron chi connectivity index (χ3n) is 9.28. The molecule has 8 nitrogen and oxygen atoms in total. The molecule has 43 heavy (non-hydrogen) atoms. The number of aryl methyl sites for hydroxylation is 1. The van der Waals surface area contributed by atoms with Gasteiger partial charge in [0.2, 0.25) is 0 Å². The Morgan fingerprint density at radius 3 is 2.67 bits per heavy atom. The Hall–Kier alpha value is -2.96. The zero-order valence-electron chi connectivity index (χ0n) is 26.2. The van der Waals surface area contributed by atoms with Crippen LogP contribution in [-0.2, 0) is 17.6 Å². The van der Waals surface area contributed by atoms with Gasteiger partial charge in [-0.1, -0.05) is 43.7 Å². The molecule has 3 aliphatic heterocycles. The molecular weight excluding hydrogens is 567 g/mol. The molecule has 0 spiro atoms. The van der Waals surface area contributed by atoms with Crippen LogP contribution >= 0.6 is 11.6 Å². The molecule has 0 N–H and O–H groups in total. The van der Waals surface area contributed by atoms with Gasteiger partial charge in [0.05, 0.1) is 29.8 Å². The van der Waals surface area contributed by atoms with Crippen molar-refractivity contribution in [2.75, 3.05) is 37.7 Å². The Morgan fingerprint density at radius 2 is 2.07 bits per heavy atom. The number of amides is 1. The van der Waals surface area contributed by atoms with Crippen LogP contribution in [0.2, 0.25) is 0 Å². The summed E-state index contributed by atoms with van der Waals surface area (Å²) in [6, 6.07) is 2.63. The minimum atomic E-state index is -1.01. The van der Waals surface area contributed by atoms with E-state index in [2.05, 4.69) is 42.4 Å². The molecule has 1 aromatic heterocycles. The van der Waals surface area contributed by atoms with Crippen LogP contribution in [0, 0.1) is 11.3 Å². The van der Waals surface area contributed by atoms with E-state index in [1.165, 1.54) is 11.3 Å². The fourth-order valence-corrected chi connectivity index (χ4v) is 7.03. The molecule has 0 saturated carbocycles. The Morgan fingerprint density at radius 1 is 1.28 bits per heavy atom. The van der Waals surface area contributed by atoms with Crippen LogP contribution in [0.5, 0.6) is 6.01 Å². The minimum Gasteiger partial charge on any atom is -0.461 e. The number of rotatable bonds is 13. The quantitative estimate of drug-likeness (QED) is 0.192. The molecule has 1 aromatic rings. The Balaban J connectivity index is 1.65. The minimum absolute atomic E-state index is 0.0634. The second-order valence-corrected chi connectivity index (χ2v) is 12.7. The number of fused-ring (bicyclic) bond motifs is 1. The molecule has 4 heterocycles. The summed E-state index contributed by atoms with van der Waals surface area (Å²) in [6.45, 7) is 14.3. The molecule has 3 atom stereocenters. The number of hydrogen-bond acceptors (Lipinski definition) is 7. The van der Waals surface area contributed by atoms with E-state index in [-0.39, 0.29) is 18.5 Å². The smallest absolute Gasteiger partial charge is 0.318 e. The largest absolute Gasteiger partial charge is 0.461 e. The van der Waals surface area contributed by atoms with Gasteiger partial charge in [-0.2, -0.15) is 15.2 Å². The summed E-state index contributed by atoms with van der Waals surface area (Å²) in [4.78, 5) is 28.6. The van der Waals surface area contributed by atoms with E-state index >= 15 is 0 Å². The number of piperazine rings is 1. The van der Waals surface area contributed by atoms with Crippen molar-refractivity contribution in [3.63, 3.8) is 0 Å². The molecule has 1 amide bonds. The van der Waals surface area contributed by atoms with Crippen molar-refractivity contribution in [2.45, 2.75) is 103 Å². The number of hydrogen-bond donors (Lipinski definition) is 0. The van der Waals surface area contributed by atoms with Crippen molar-refractivity contribution in [2.24, 2.45) is 0 Å². The molecular formula is C33H46ClFN6O2. The Bertz CT molecular complexity index is 1290. The predicted molar refractivity (Wildman–Crippen MR) is 169 cm³/mol. The highest BCUT2D eigenvalue weighted by atomic mass is 35.5. The number of aromatic nitrogens is 2. The lowest BCUT2D eigenvalue weighted by Gasteiger charge is -2.49. The lowest BCUT2D eigenvalue weighted by Crippen LogP contribution is -2.61. The van der Waals surface area contributed by atoms with Gasteiger partial charge in [-0.3, -0.25) is 9.69 Å². The zero-order chi connectivity index (χ0) is 31.1. The normalized spacial score (nSPS) is 24.4. The van der Waals surface area contributed by atoms with Crippen molar-refractivity contribution in [1.82, 2.24) is 19.8 Å². The third-order valence-corrected chi connectivity index (χ3v) is 9.52. The molecule has 2 unspecified atom stereocenters. The summed E-state index contributed by atoms with van der Waals surface area (Å²) in [5.74, 6) is -0.973. The second kappa shape index (κ2) is 14.7. The summed E-state index contributed by atoms with van der Waals surface area (Å²) in [7, 11) is 0. The molecule has 10 heteroatoms. The van der Waals surface area contributed by atoms with Crippen LogP contribution in [0.4, 0.5) is 10.2 Å². The van der Waals surface area contributed by atoms with Gasteiger partial charge in [0, 0.05) is 42.8 Å². The first kappa shape index (κ1) is 32.9. The molecule has 3 saturated heterocycles. The lowest BCUT2D eigenvalue weighted by atomic mass is 9.86. The lowest BCUT2D eigenvalue weighted by molar-refractivity contribution is -0.131. The maximum atomic E-state index is 13.8. The van der Waals surface area contributed by atoms with Crippen molar-refractivity contribution in [1.29, 1.82) is 5.26 Å². The number of allylic oxidation sites excluding steroid dienone is 4. The second-order valence-electron chi connectivity index (χ2n) is 12.1. The molecule has 3 fully saturated rings. The molecule has 234 valence electrons. The number of nitrogens with zero attached hydrogens (tertiary/aromatic N) is 6. The predicted octanol–water partition coefficient (Wildman–Crippen LogP) is 6.26. The monoisotopic (exact) mass is 612 g/mol. The van der Waals surface area contributed by atoms with Crippen molar-refractivity contribution >= 4 is 23.3 Å². The van der Waals surface area contributed by atoms with Crippen LogP contribution in [0.3, 0.4) is 0 Å². The standard InChI is InChI=1S/C33H46ClFN6O2/c1-6-9-26(24(4)34)11-8-12-29-28(10-7-2)30(39-19-20-40(31(42)25(5)35)27(21-39)14-17-36)38-32(37-29)43-22-33-15-13-23(3)41(33)18-16-33/h6,9,23,27H,5,7-8,10-16,18-22H2,1-4H3/b9-6-,26-24-/t23-,27?,33?/m1/s1. The van der Waals surface area contributed by atoms with E-state index in [0.717, 1.165) is 79.2 Å². The first-order valence-corrected chi connectivity index (χ1v) is 16.1. The highest BCUT2D eigenvalue weighted by molar-refractivity contribution is 6.29. The highest BCUT2D eigenvalue weighted by Gasteiger charge is 2.51. The van der Waals surface area contributed by atoms with Gasteiger partial charge < -0.3 is 14.5 Å². The van der Waals surface area contributed by atoms with Crippen molar-refractivity contribution in [3.05, 3.63) is 46.4 Å². The van der Waals surface area contributed by atoms with Crippen molar-refractivity contribution in [3.8, 4) is 12.1 Å². The van der Waals surface area contributed by atoms with Crippen LogP contribution in [-0.4, -0.2) is 76.1 Å². The Kier molecular flexibility index (Phi) is 11.2. The number of ether oxygens (including phenoxy) is 1. The molecule has 0 aromatic carbocycles. The molecule has 3 aliphatic rings. The van der Waals surface area contributed by atoms with E-state index in [0.29, 0.717) is 31.7 Å². The van der Waals surface area contributed by atoms with Gasteiger partial charge in [0.25, 0.3) is 5.91 Å². The maximum Gasteiger partial charge on any atom is 0.318 e. The zero-order valence-corrected chi connectivity index (χ0v) is 26.9. The highest BCUT2D eigenvalue weighted by Crippen LogP contribution is 2.44. The first-order valence-electron chi connectivity index (χ1n) is 15.7. The van der Waals surface area contributed by atoms with E-state index < -0.39 is 17.8 Å². The molecule has 4 rings (SSSR count). The van der Waals surface area contributed by atoms with Gasteiger partial charge in [-0.15, -0.1) is 0 Å². The summed E-state index contributed by atoms with van der Waals surface area (Å²) >= 11 is 6.37. The van der Waals surface area contributed by atoms with Crippen LogP contribution in [0.15, 0.2) is 35.2 Å². The topological polar surface area (TPSA) is 85.6 Å². The van der Waals surface area contributed by atoms with Crippen LogP contribution in [0.25, 0.3) is 0 Å². The fourth-order valence-electron chi connectivity index (χ4n) is 6.88. The average Bonchev–Trinajstić information content (AvgIpc) is 3.18. The van der Waals surface area contributed by atoms with Gasteiger partial charge in [0.15, 0.2) is 5.83 Å². The summed E-state index contributed by atoms with van der Waals surface area (Å²) in [5, 5.41) is 10.3. The maximum absolute atomic E-state index is 13.8. The van der Waals surface area contributed by atoms with Crippen molar-refractivity contribution < 1.29 is 13.9 Å². The van der Waals surface area contributed by atoms with E-state index in [1.807, 2.05) is 19.9 Å². The third kappa shape index (κ3) is 7.41.